The van der Waals surface area contributed by atoms with Crippen LogP contribution in [0.25, 0.3) is 0 Å². The number of hydrogen-bond acceptors (Lipinski definition) is 2. The highest BCUT2D eigenvalue weighted by Crippen LogP contribution is 2.02. The molecule has 0 aliphatic carbocycles. The Hall–Kier alpha value is -0.830. The largest absolute Gasteiger partial charge is 0.351 e. The predicted molar refractivity (Wildman–Crippen MR) is 59.9 cm³/mol. The van der Waals surface area contributed by atoms with Crippen molar-refractivity contribution >= 4 is 5.91 Å². The molecule has 0 radical (unpaired) electrons. The van der Waals surface area contributed by atoms with Gasteiger partial charge < -0.3 is 11.1 Å². The minimum absolute atomic E-state index is 0.0591. The first-order valence-electron chi connectivity index (χ1n) is 5.10. The average Bonchev–Trinajstić information content (AvgIpc) is 2.01. The van der Waals surface area contributed by atoms with Crippen molar-refractivity contribution in [3.8, 4) is 0 Å². The van der Waals surface area contributed by atoms with Crippen LogP contribution in [-0.4, -0.2) is 18.5 Å². The van der Waals surface area contributed by atoms with Gasteiger partial charge in [-0.25, -0.2) is 0 Å². The monoisotopic (exact) mass is 198 g/mol. The lowest BCUT2D eigenvalue weighted by Gasteiger charge is -2.13. The molecule has 1 amide bonds. The zero-order valence-corrected chi connectivity index (χ0v) is 9.63. The van der Waals surface area contributed by atoms with Crippen molar-refractivity contribution in [2.24, 2.45) is 11.7 Å². The van der Waals surface area contributed by atoms with Crippen LogP contribution in [0.15, 0.2) is 11.6 Å². The third kappa shape index (κ3) is 6.66. The van der Waals surface area contributed by atoms with Gasteiger partial charge in [0.05, 0.1) is 6.04 Å². The number of nitrogens with one attached hydrogen (secondary N) is 1. The number of hydrogen-bond donors (Lipinski definition) is 2. The molecular formula is C11H22N2O. The van der Waals surface area contributed by atoms with Gasteiger partial charge in [-0.2, -0.15) is 0 Å². The second kappa shape index (κ2) is 6.60. The van der Waals surface area contributed by atoms with Crippen molar-refractivity contribution in [2.45, 2.75) is 40.2 Å². The molecule has 3 nitrogen and oxygen atoms in total. The van der Waals surface area contributed by atoms with E-state index in [1.165, 1.54) is 5.57 Å². The second-order valence-electron chi connectivity index (χ2n) is 4.26. The van der Waals surface area contributed by atoms with Gasteiger partial charge in [0.25, 0.3) is 0 Å². The maximum absolute atomic E-state index is 11.4. The Bertz CT molecular complexity index is 205. The van der Waals surface area contributed by atoms with Crippen LogP contribution in [0.1, 0.15) is 34.1 Å². The SMILES string of the molecule is CC(C)=CCNC(=O)[C@H](N)CC(C)C. The summed E-state index contributed by atoms with van der Waals surface area (Å²) in [5, 5.41) is 2.78. The molecule has 3 heteroatoms. The van der Waals surface area contributed by atoms with Crippen molar-refractivity contribution in [3.63, 3.8) is 0 Å². The molecule has 0 aromatic rings. The number of nitrogens with two attached hydrogens (primary N) is 1. The lowest BCUT2D eigenvalue weighted by molar-refractivity contribution is -0.122. The number of carbonyl (C=O) groups is 1. The average molecular weight is 198 g/mol. The summed E-state index contributed by atoms with van der Waals surface area (Å²) in [5.41, 5.74) is 6.90. The second-order valence-corrected chi connectivity index (χ2v) is 4.26. The molecule has 0 aromatic heterocycles. The normalized spacial score (nSPS) is 12.4. The van der Waals surface area contributed by atoms with Crippen molar-refractivity contribution in [1.82, 2.24) is 5.32 Å². The van der Waals surface area contributed by atoms with Gasteiger partial charge in [0.1, 0.15) is 0 Å². The van der Waals surface area contributed by atoms with Gasteiger partial charge in [0.15, 0.2) is 0 Å². The van der Waals surface area contributed by atoms with E-state index >= 15 is 0 Å². The Morgan fingerprint density at radius 2 is 2.00 bits per heavy atom. The highest BCUT2D eigenvalue weighted by Gasteiger charge is 2.13. The molecule has 0 heterocycles. The number of allylic oxidation sites excluding steroid dienone is 1. The topological polar surface area (TPSA) is 55.1 Å². The fraction of sp³-hybridized carbons (Fsp3) is 0.727. The zero-order valence-electron chi connectivity index (χ0n) is 9.63. The van der Waals surface area contributed by atoms with Crippen LogP contribution < -0.4 is 11.1 Å². The van der Waals surface area contributed by atoms with E-state index in [-0.39, 0.29) is 11.9 Å². The molecule has 82 valence electrons. The minimum Gasteiger partial charge on any atom is -0.351 e. The summed E-state index contributed by atoms with van der Waals surface area (Å²) in [6.45, 7) is 8.69. The lowest BCUT2D eigenvalue weighted by Crippen LogP contribution is -2.41. The molecule has 0 saturated carbocycles. The van der Waals surface area contributed by atoms with E-state index in [1.807, 2.05) is 19.9 Å². The van der Waals surface area contributed by atoms with Crippen LogP contribution >= 0.6 is 0 Å². The van der Waals surface area contributed by atoms with E-state index < -0.39 is 0 Å². The van der Waals surface area contributed by atoms with Gasteiger partial charge in [-0.15, -0.1) is 0 Å². The van der Waals surface area contributed by atoms with Crippen LogP contribution in [0, 0.1) is 5.92 Å². The van der Waals surface area contributed by atoms with Gasteiger partial charge in [-0.05, 0) is 26.2 Å². The van der Waals surface area contributed by atoms with Gasteiger partial charge >= 0.3 is 0 Å². The molecule has 0 aliphatic heterocycles. The predicted octanol–water partition coefficient (Wildman–Crippen LogP) is 1.44. The molecule has 1 atom stereocenters. The Balaban J connectivity index is 3.79. The lowest BCUT2D eigenvalue weighted by atomic mass is 10.0. The molecule has 3 N–H and O–H groups in total. The van der Waals surface area contributed by atoms with Crippen LogP contribution in [0.4, 0.5) is 0 Å². The highest BCUT2D eigenvalue weighted by atomic mass is 16.2. The third-order valence-electron chi connectivity index (χ3n) is 1.85. The zero-order chi connectivity index (χ0) is 11.1. The van der Waals surface area contributed by atoms with Crippen LogP contribution in [0.2, 0.25) is 0 Å². The van der Waals surface area contributed by atoms with E-state index in [9.17, 15) is 4.79 Å². The highest BCUT2D eigenvalue weighted by molar-refractivity contribution is 5.81. The van der Waals surface area contributed by atoms with Gasteiger partial charge in [-0.1, -0.05) is 25.5 Å². The van der Waals surface area contributed by atoms with E-state index in [4.69, 9.17) is 5.73 Å². The molecule has 0 unspecified atom stereocenters. The molecular weight excluding hydrogens is 176 g/mol. The quantitative estimate of drug-likeness (QED) is 0.657. The van der Waals surface area contributed by atoms with Crippen LogP contribution in [0.3, 0.4) is 0 Å². The molecule has 14 heavy (non-hydrogen) atoms. The molecule has 0 aliphatic rings. The molecule has 0 rings (SSSR count). The van der Waals surface area contributed by atoms with Gasteiger partial charge in [0, 0.05) is 6.54 Å². The Morgan fingerprint density at radius 3 is 2.43 bits per heavy atom. The summed E-state index contributed by atoms with van der Waals surface area (Å²) in [7, 11) is 0. The van der Waals surface area contributed by atoms with Crippen molar-refractivity contribution < 1.29 is 4.79 Å². The maximum atomic E-state index is 11.4. The first-order valence-corrected chi connectivity index (χ1v) is 5.10. The van der Waals surface area contributed by atoms with Crippen LogP contribution in [-0.2, 0) is 4.79 Å². The van der Waals surface area contributed by atoms with Crippen molar-refractivity contribution in [2.75, 3.05) is 6.54 Å². The third-order valence-corrected chi connectivity index (χ3v) is 1.85. The summed E-state index contributed by atoms with van der Waals surface area (Å²) >= 11 is 0. The smallest absolute Gasteiger partial charge is 0.237 e. The standard InChI is InChI=1S/C11H22N2O/c1-8(2)5-6-13-11(14)10(12)7-9(3)4/h5,9-10H,6-7,12H2,1-4H3,(H,13,14)/t10-/m1/s1. The maximum Gasteiger partial charge on any atom is 0.237 e. The number of carbonyl (C=O) groups excluding carboxylic acids is 1. The Labute approximate surface area is 86.8 Å². The number of amides is 1. The van der Waals surface area contributed by atoms with Crippen molar-refractivity contribution in [1.29, 1.82) is 0 Å². The Kier molecular flexibility index (Phi) is 6.21. The first kappa shape index (κ1) is 13.2. The van der Waals surface area contributed by atoms with Gasteiger partial charge in [0.2, 0.25) is 5.91 Å². The molecule has 0 bridgehead atoms. The fourth-order valence-corrected chi connectivity index (χ4v) is 1.10. The minimum atomic E-state index is -0.374. The van der Waals surface area contributed by atoms with E-state index in [0.717, 1.165) is 6.42 Å². The van der Waals surface area contributed by atoms with Gasteiger partial charge in [-0.3, -0.25) is 4.79 Å². The van der Waals surface area contributed by atoms with E-state index in [1.54, 1.807) is 0 Å². The molecule has 0 fully saturated rings. The van der Waals surface area contributed by atoms with Crippen molar-refractivity contribution in [3.05, 3.63) is 11.6 Å². The summed E-state index contributed by atoms with van der Waals surface area (Å²) in [6, 6.07) is -0.374. The molecule has 0 spiro atoms. The van der Waals surface area contributed by atoms with Crippen LogP contribution in [0.5, 0.6) is 0 Å². The Morgan fingerprint density at radius 1 is 1.43 bits per heavy atom. The van der Waals surface area contributed by atoms with E-state index in [0.29, 0.717) is 12.5 Å². The summed E-state index contributed by atoms with van der Waals surface area (Å²) in [4.78, 5) is 11.4. The first-order chi connectivity index (χ1) is 6.43. The molecule has 0 saturated heterocycles. The van der Waals surface area contributed by atoms with E-state index in [2.05, 4.69) is 19.2 Å². The summed E-state index contributed by atoms with van der Waals surface area (Å²) in [5.74, 6) is 0.399. The summed E-state index contributed by atoms with van der Waals surface area (Å²) in [6.07, 6.45) is 2.71. The summed E-state index contributed by atoms with van der Waals surface area (Å²) < 4.78 is 0. The number of rotatable bonds is 5. The fourth-order valence-electron chi connectivity index (χ4n) is 1.10. The molecule has 0 aromatic carbocycles.